The average molecular weight is 370 g/mol. The molecule has 22 heavy (non-hydrogen) atoms. The fourth-order valence-corrected chi connectivity index (χ4v) is 2.94. The van der Waals surface area contributed by atoms with Crippen LogP contribution in [0.3, 0.4) is 0 Å². The molecule has 0 aromatic heterocycles. The van der Waals surface area contributed by atoms with Gasteiger partial charge in [0, 0.05) is 16.2 Å². The quantitative estimate of drug-likeness (QED) is 0.758. The summed E-state index contributed by atoms with van der Waals surface area (Å²) < 4.78 is 0.923. The number of rotatable bonds is 4. The number of carbonyl (C=O) groups excluding carboxylic acids is 2. The molecular formula is C15H20BrN3O3. The Labute approximate surface area is 138 Å². The Morgan fingerprint density at radius 3 is 2.68 bits per heavy atom. The molecule has 2 rings (SSSR count). The van der Waals surface area contributed by atoms with Gasteiger partial charge in [0.25, 0.3) is 0 Å². The van der Waals surface area contributed by atoms with Crippen LogP contribution < -0.4 is 10.6 Å². The van der Waals surface area contributed by atoms with E-state index in [0.717, 1.165) is 4.47 Å². The number of carbonyl (C=O) groups is 2. The van der Waals surface area contributed by atoms with Crippen molar-refractivity contribution in [2.24, 2.45) is 0 Å². The second kappa shape index (κ2) is 7.11. The first-order chi connectivity index (χ1) is 10.4. The van der Waals surface area contributed by atoms with Crippen LogP contribution in [0.1, 0.15) is 20.3 Å². The zero-order chi connectivity index (χ0) is 16.3. The van der Waals surface area contributed by atoms with E-state index in [2.05, 4.69) is 26.6 Å². The minimum absolute atomic E-state index is 0.00682. The number of urea groups is 1. The van der Waals surface area contributed by atoms with Crippen molar-refractivity contribution in [1.29, 1.82) is 0 Å². The molecule has 0 radical (unpaired) electrons. The molecular weight excluding hydrogens is 350 g/mol. The first-order valence-electron chi connectivity index (χ1n) is 7.18. The minimum Gasteiger partial charge on any atom is -0.394 e. The van der Waals surface area contributed by atoms with Crippen molar-refractivity contribution in [3.05, 3.63) is 28.7 Å². The molecule has 0 bridgehead atoms. The molecule has 1 heterocycles. The molecule has 3 atom stereocenters. The smallest absolute Gasteiger partial charge is 0.319 e. The van der Waals surface area contributed by atoms with Crippen molar-refractivity contribution in [2.45, 2.75) is 38.4 Å². The summed E-state index contributed by atoms with van der Waals surface area (Å²) in [5, 5.41) is 14.6. The first-order valence-corrected chi connectivity index (χ1v) is 7.97. The van der Waals surface area contributed by atoms with Crippen LogP contribution in [0.4, 0.5) is 10.5 Å². The molecule has 0 spiro atoms. The Hall–Kier alpha value is -1.60. The standard InChI is InChI=1S/C15H20BrN3O3/c1-9-7-13(14(21)19(9)10(2)8-20)18-15(22)17-12-5-3-11(16)4-6-12/h3-6,9-10,13,20H,7-8H2,1-2H3,(H2,17,18,22)/t9?,10-,13+/m1/s1. The van der Waals surface area contributed by atoms with E-state index in [-0.39, 0.29) is 24.6 Å². The Balaban J connectivity index is 1.94. The highest BCUT2D eigenvalue weighted by Gasteiger charge is 2.40. The molecule has 1 aliphatic heterocycles. The van der Waals surface area contributed by atoms with Gasteiger partial charge in [-0.05, 0) is 44.5 Å². The summed E-state index contributed by atoms with van der Waals surface area (Å²) in [5.74, 6) is -0.153. The number of aliphatic hydroxyl groups excluding tert-OH is 1. The summed E-state index contributed by atoms with van der Waals surface area (Å²) in [7, 11) is 0. The Bertz CT molecular complexity index is 549. The van der Waals surface area contributed by atoms with Crippen molar-refractivity contribution in [3.63, 3.8) is 0 Å². The van der Waals surface area contributed by atoms with Gasteiger partial charge in [-0.3, -0.25) is 4.79 Å². The zero-order valence-electron chi connectivity index (χ0n) is 12.5. The highest BCUT2D eigenvalue weighted by molar-refractivity contribution is 9.10. The van der Waals surface area contributed by atoms with E-state index in [0.29, 0.717) is 12.1 Å². The lowest BCUT2D eigenvalue weighted by molar-refractivity contribution is -0.132. The van der Waals surface area contributed by atoms with Crippen LogP contribution >= 0.6 is 15.9 Å². The number of likely N-dealkylation sites (tertiary alicyclic amines) is 1. The second-order valence-electron chi connectivity index (χ2n) is 5.52. The number of aliphatic hydroxyl groups is 1. The van der Waals surface area contributed by atoms with Gasteiger partial charge in [-0.15, -0.1) is 0 Å². The first kappa shape index (κ1) is 16.8. The second-order valence-corrected chi connectivity index (χ2v) is 6.44. The van der Waals surface area contributed by atoms with Gasteiger partial charge >= 0.3 is 6.03 Å². The summed E-state index contributed by atoms with van der Waals surface area (Å²) >= 11 is 3.33. The van der Waals surface area contributed by atoms with E-state index in [9.17, 15) is 14.7 Å². The molecule has 3 N–H and O–H groups in total. The number of benzene rings is 1. The summed E-state index contributed by atoms with van der Waals surface area (Å²) in [6.45, 7) is 3.62. The molecule has 1 aliphatic rings. The van der Waals surface area contributed by atoms with Crippen molar-refractivity contribution in [2.75, 3.05) is 11.9 Å². The van der Waals surface area contributed by atoms with Crippen LogP contribution in [0.25, 0.3) is 0 Å². The fourth-order valence-electron chi connectivity index (χ4n) is 2.67. The number of halogens is 1. The van der Waals surface area contributed by atoms with Crippen LogP contribution in [-0.2, 0) is 4.79 Å². The predicted octanol–water partition coefficient (Wildman–Crippen LogP) is 1.94. The SMILES string of the molecule is CC1C[C@H](NC(=O)Nc2ccc(Br)cc2)C(=O)N1[C@H](C)CO. The molecule has 120 valence electrons. The van der Waals surface area contributed by atoms with Gasteiger partial charge < -0.3 is 20.6 Å². The van der Waals surface area contributed by atoms with Crippen LogP contribution in [0.5, 0.6) is 0 Å². The molecule has 7 heteroatoms. The third kappa shape index (κ3) is 3.78. The van der Waals surface area contributed by atoms with E-state index in [1.165, 1.54) is 0 Å². The van der Waals surface area contributed by atoms with E-state index in [1.54, 1.807) is 24.0 Å². The maximum absolute atomic E-state index is 12.3. The van der Waals surface area contributed by atoms with Gasteiger partial charge in [-0.1, -0.05) is 15.9 Å². The lowest BCUT2D eigenvalue weighted by atomic mass is 10.2. The number of nitrogens with one attached hydrogen (secondary N) is 2. The Kier molecular flexibility index (Phi) is 5.42. The molecule has 6 nitrogen and oxygen atoms in total. The number of nitrogens with zero attached hydrogens (tertiary/aromatic N) is 1. The van der Waals surface area contributed by atoms with Crippen LogP contribution in [0.2, 0.25) is 0 Å². The highest BCUT2D eigenvalue weighted by atomic mass is 79.9. The lowest BCUT2D eigenvalue weighted by Gasteiger charge is -2.27. The third-order valence-corrected chi connectivity index (χ3v) is 4.28. The molecule has 1 aromatic rings. The maximum Gasteiger partial charge on any atom is 0.319 e. The topological polar surface area (TPSA) is 81.7 Å². The van der Waals surface area contributed by atoms with E-state index < -0.39 is 12.1 Å². The van der Waals surface area contributed by atoms with Crippen LogP contribution in [0.15, 0.2) is 28.7 Å². The van der Waals surface area contributed by atoms with Gasteiger partial charge in [0.1, 0.15) is 6.04 Å². The Morgan fingerprint density at radius 1 is 1.45 bits per heavy atom. The van der Waals surface area contributed by atoms with Crippen molar-refractivity contribution in [3.8, 4) is 0 Å². The van der Waals surface area contributed by atoms with Crippen LogP contribution in [-0.4, -0.2) is 46.7 Å². The molecule has 1 aromatic carbocycles. The fraction of sp³-hybridized carbons (Fsp3) is 0.467. The van der Waals surface area contributed by atoms with Gasteiger partial charge in [0.15, 0.2) is 0 Å². The van der Waals surface area contributed by atoms with Gasteiger partial charge in [-0.25, -0.2) is 4.79 Å². The summed E-state index contributed by atoms with van der Waals surface area (Å²) in [5.41, 5.74) is 0.653. The number of amides is 3. The normalized spacial score (nSPS) is 22.5. The van der Waals surface area contributed by atoms with Crippen molar-refractivity contribution < 1.29 is 14.7 Å². The van der Waals surface area contributed by atoms with Crippen LogP contribution in [0, 0.1) is 0 Å². The highest BCUT2D eigenvalue weighted by Crippen LogP contribution is 2.22. The molecule has 0 saturated carbocycles. The van der Waals surface area contributed by atoms with Gasteiger partial charge in [-0.2, -0.15) is 0 Å². The van der Waals surface area contributed by atoms with Gasteiger partial charge in [0.05, 0.1) is 12.6 Å². The van der Waals surface area contributed by atoms with Crippen molar-refractivity contribution in [1.82, 2.24) is 10.2 Å². The largest absolute Gasteiger partial charge is 0.394 e. The average Bonchev–Trinajstić information content (AvgIpc) is 2.75. The summed E-state index contributed by atoms with van der Waals surface area (Å²) in [4.78, 5) is 25.9. The molecule has 3 amide bonds. The van der Waals surface area contributed by atoms with Crippen molar-refractivity contribution >= 4 is 33.6 Å². The van der Waals surface area contributed by atoms with E-state index >= 15 is 0 Å². The Morgan fingerprint density at radius 2 is 2.09 bits per heavy atom. The summed E-state index contributed by atoms with van der Waals surface area (Å²) in [6, 6.07) is 5.96. The number of hydrogen-bond acceptors (Lipinski definition) is 3. The monoisotopic (exact) mass is 369 g/mol. The third-order valence-electron chi connectivity index (χ3n) is 3.75. The molecule has 1 saturated heterocycles. The molecule has 0 aliphatic carbocycles. The van der Waals surface area contributed by atoms with E-state index in [1.807, 2.05) is 19.1 Å². The zero-order valence-corrected chi connectivity index (χ0v) is 14.1. The maximum atomic E-state index is 12.3. The lowest BCUT2D eigenvalue weighted by Crippen LogP contribution is -2.46. The number of anilines is 1. The minimum atomic E-state index is -0.556. The predicted molar refractivity (Wildman–Crippen MR) is 87.6 cm³/mol. The molecule has 1 fully saturated rings. The van der Waals surface area contributed by atoms with Gasteiger partial charge in [0.2, 0.25) is 5.91 Å². The summed E-state index contributed by atoms with van der Waals surface area (Å²) in [6.07, 6.45) is 0.539. The van der Waals surface area contributed by atoms with E-state index in [4.69, 9.17) is 0 Å². The number of hydrogen-bond donors (Lipinski definition) is 3. The molecule has 1 unspecified atom stereocenters.